The van der Waals surface area contributed by atoms with Gasteiger partial charge in [0.2, 0.25) is 5.91 Å². The van der Waals surface area contributed by atoms with Crippen molar-refractivity contribution in [3.05, 3.63) is 0 Å². The molecular weight excluding hydrogens is 222 g/mol. The van der Waals surface area contributed by atoms with E-state index in [0.717, 1.165) is 19.4 Å². The minimum absolute atomic E-state index is 0.246. The van der Waals surface area contributed by atoms with E-state index >= 15 is 0 Å². The van der Waals surface area contributed by atoms with Crippen LogP contribution in [0.25, 0.3) is 0 Å². The number of nitrogens with zero attached hydrogens (tertiary/aromatic N) is 1. The maximum atomic E-state index is 12.3. The van der Waals surface area contributed by atoms with Crippen molar-refractivity contribution in [3.8, 4) is 0 Å². The van der Waals surface area contributed by atoms with E-state index in [4.69, 9.17) is 11.6 Å². The van der Waals surface area contributed by atoms with Crippen LogP contribution in [-0.4, -0.2) is 29.3 Å². The fourth-order valence-electron chi connectivity index (χ4n) is 2.78. The molecule has 0 spiro atoms. The first-order valence-corrected chi connectivity index (χ1v) is 7.14. The summed E-state index contributed by atoms with van der Waals surface area (Å²) < 4.78 is 0. The molecule has 1 amide bonds. The van der Waals surface area contributed by atoms with E-state index in [2.05, 4.69) is 11.8 Å². The Hall–Kier alpha value is -0.240. The molecule has 0 bridgehead atoms. The van der Waals surface area contributed by atoms with Crippen molar-refractivity contribution in [2.75, 3.05) is 12.4 Å². The minimum atomic E-state index is 0.246. The van der Waals surface area contributed by atoms with Gasteiger partial charge in [-0.25, -0.2) is 0 Å². The van der Waals surface area contributed by atoms with Crippen molar-refractivity contribution in [2.24, 2.45) is 11.8 Å². The number of likely N-dealkylation sites (tertiary alicyclic amines) is 1. The summed E-state index contributed by atoms with van der Waals surface area (Å²) in [6.07, 6.45) is 7.04. The summed E-state index contributed by atoms with van der Waals surface area (Å²) in [5, 5.41) is 0. The van der Waals surface area contributed by atoms with Gasteiger partial charge in [0, 0.05) is 24.4 Å². The predicted octanol–water partition coefficient (Wildman–Crippen LogP) is 3.04. The van der Waals surface area contributed by atoms with Crippen LogP contribution in [-0.2, 0) is 4.79 Å². The molecule has 3 heteroatoms. The first-order valence-electron chi connectivity index (χ1n) is 6.60. The lowest BCUT2D eigenvalue weighted by molar-refractivity contribution is -0.139. The largest absolute Gasteiger partial charge is 0.339 e. The molecule has 1 aliphatic carbocycles. The topological polar surface area (TPSA) is 20.3 Å². The summed E-state index contributed by atoms with van der Waals surface area (Å²) in [7, 11) is 0. The highest BCUT2D eigenvalue weighted by atomic mass is 35.5. The number of carbonyl (C=O) groups excluding carboxylic acids is 1. The summed E-state index contributed by atoms with van der Waals surface area (Å²) in [6.45, 7) is 3.06. The number of rotatable bonds is 4. The molecule has 1 aliphatic heterocycles. The molecule has 2 fully saturated rings. The average molecular weight is 244 g/mol. The van der Waals surface area contributed by atoms with Gasteiger partial charge in [-0.2, -0.15) is 0 Å². The van der Waals surface area contributed by atoms with Gasteiger partial charge < -0.3 is 4.90 Å². The monoisotopic (exact) mass is 243 g/mol. The fourth-order valence-corrected chi connectivity index (χ4v) is 3.03. The molecular formula is C13H22ClNO. The van der Waals surface area contributed by atoms with Crippen LogP contribution in [0, 0.1) is 11.8 Å². The van der Waals surface area contributed by atoms with E-state index in [0.29, 0.717) is 23.7 Å². The molecule has 0 aromatic heterocycles. The summed E-state index contributed by atoms with van der Waals surface area (Å²) in [5.74, 6) is 1.98. The van der Waals surface area contributed by atoms with Crippen LogP contribution in [0.15, 0.2) is 0 Å². The molecule has 0 aromatic carbocycles. The van der Waals surface area contributed by atoms with Crippen molar-refractivity contribution in [2.45, 2.75) is 51.5 Å². The zero-order valence-electron chi connectivity index (χ0n) is 10.1. The van der Waals surface area contributed by atoms with E-state index in [1.807, 2.05) is 0 Å². The van der Waals surface area contributed by atoms with Gasteiger partial charge in [0.1, 0.15) is 0 Å². The van der Waals surface area contributed by atoms with Crippen LogP contribution in [0.4, 0.5) is 0 Å². The van der Waals surface area contributed by atoms with Gasteiger partial charge >= 0.3 is 0 Å². The van der Waals surface area contributed by atoms with Gasteiger partial charge in [0.05, 0.1) is 0 Å². The van der Waals surface area contributed by atoms with Gasteiger partial charge in [-0.1, -0.05) is 6.92 Å². The molecule has 2 nitrogen and oxygen atoms in total. The second-order valence-electron chi connectivity index (χ2n) is 5.28. The third-order valence-corrected chi connectivity index (χ3v) is 4.29. The molecule has 92 valence electrons. The summed E-state index contributed by atoms with van der Waals surface area (Å²) in [4.78, 5) is 14.5. The Kier molecular flexibility index (Phi) is 4.12. The third-order valence-electron chi connectivity index (χ3n) is 4.07. The number of halogens is 1. The summed E-state index contributed by atoms with van der Waals surface area (Å²) in [5.41, 5.74) is 0. The number of hydrogen-bond donors (Lipinski definition) is 0. The SMILES string of the molecule is CC(C(=O)N1CCCCC1CCCl)C1CC1. The summed E-state index contributed by atoms with van der Waals surface area (Å²) >= 11 is 5.82. The quantitative estimate of drug-likeness (QED) is 0.695. The Morgan fingerprint density at radius 2 is 2.12 bits per heavy atom. The Labute approximate surface area is 103 Å². The Bertz CT molecular complexity index is 250. The lowest BCUT2D eigenvalue weighted by Gasteiger charge is -2.37. The maximum absolute atomic E-state index is 12.3. The normalized spacial score (nSPS) is 27.9. The van der Waals surface area contributed by atoms with Gasteiger partial charge in [-0.05, 0) is 44.4 Å². The van der Waals surface area contributed by atoms with Crippen molar-refractivity contribution in [3.63, 3.8) is 0 Å². The zero-order valence-corrected chi connectivity index (χ0v) is 10.9. The van der Waals surface area contributed by atoms with Crippen LogP contribution >= 0.6 is 11.6 Å². The summed E-state index contributed by atoms with van der Waals surface area (Å²) in [6, 6.07) is 0.417. The number of amides is 1. The molecule has 16 heavy (non-hydrogen) atoms. The number of hydrogen-bond acceptors (Lipinski definition) is 1. The molecule has 0 N–H and O–H groups in total. The van der Waals surface area contributed by atoms with E-state index < -0.39 is 0 Å². The minimum Gasteiger partial charge on any atom is -0.339 e. The number of alkyl halides is 1. The third kappa shape index (κ3) is 2.71. The van der Waals surface area contributed by atoms with Crippen LogP contribution in [0.1, 0.15) is 45.4 Å². The standard InChI is InChI=1S/C13H22ClNO/c1-10(11-5-6-11)13(16)15-9-3-2-4-12(15)7-8-14/h10-12H,2-9H2,1H3. The van der Waals surface area contributed by atoms with Crippen molar-refractivity contribution in [1.29, 1.82) is 0 Å². The lowest BCUT2D eigenvalue weighted by Crippen LogP contribution is -2.46. The first kappa shape index (κ1) is 12.2. The second-order valence-corrected chi connectivity index (χ2v) is 5.66. The Morgan fingerprint density at radius 3 is 2.75 bits per heavy atom. The number of carbonyl (C=O) groups is 1. The van der Waals surface area contributed by atoms with E-state index in [9.17, 15) is 4.79 Å². The molecule has 2 aliphatic rings. The zero-order chi connectivity index (χ0) is 11.5. The molecule has 2 rings (SSSR count). The van der Waals surface area contributed by atoms with Gasteiger partial charge in [-0.3, -0.25) is 4.79 Å². The highest BCUT2D eigenvalue weighted by Gasteiger charge is 2.37. The van der Waals surface area contributed by atoms with Crippen LogP contribution in [0.2, 0.25) is 0 Å². The fraction of sp³-hybridized carbons (Fsp3) is 0.923. The molecule has 2 atom stereocenters. The Balaban J connectivity index is 1.95. The van der Waals surface area contributed by atoms with E-state index in [-0.39, 0.29) is 5.92 Å². The molecule has 1 heterocycles. The smallest absolute Gasteiger partial charge is 0.225 e. The molecule has 1 saturated carbocycles. The second kappa shape index (κ2) is 5.39. The maximum Gasteiger partial charge on any atom is 0.225 e. The van der Waals surface area contributed by atoms with Crippen molar-refractivity contribution in [1.82, 2.24) is 4.90 Å². The highest BCUT2D eigenvalue weighted by molar-refractivity contribution is 6.17. The van der Waals surface area contributed by atoms with E-state index in [1.165, 1.54) is 25.7 Å². The van der Waals surface area contributed by atoms with Crippen LogP contribution in [0.3, 0.4) is 0 Å². The van der Waals surface area contributed by atoms with Crippen LogP contribution in [0.5, 0.6) is 0 Å². The molecule has 0 aromatic rings. The number of piperidine rings is 1. The first-order chi connectivity index (χ1) is 7.74. The van der Waals surface area contributed by atoms with Crippen molar-refractivity contribution < 1.29 is 4.79 Å². The van der Waals surface area contributed by atoms with Gasteiger partial charge in [-0.15, -0.1) is 11.6 Å². The highest BCUT2D eigenvalue weighted by Crippen LogP contribution is 2.38. The molecule has 1 saturated heterocycles. The Morgan fingerprint density at radius 1 is 1.38 bits per heavy atom. The van der Waals surface area contributed by atoms with Crippen molar-refractivity contribution >= 4 is 17.5 Å². The average Bonchev–Trinajstić information content (AvgIpc) is 3.12. The lowest BCUT2D eigenvalue weighted by atomic mass is 9.96. The van der Waals surface area contributed by atoms with Crippen LogP contribution < -0.4 is 0 Å². The molecule has 2 unspecified atom stereocenters. The van der Waals surface area contributed by atoms with Gasteiger partial charge in [0.25, 0.3) is 0 Å². The van der Waals surface area contributed by atoms with Gasteiger partial charge in [0.15, 0.2) is 0 Å². The predicted molar refractivity (Wildman–Crippen MR) is 66.6 cm³/mol. The van der Waals surface area contributed by atoms with E-state index in [1.54, 1.807) is 0 Å². The molecule has 0 radical (unpaired) electrons.